The number of thiazole rings is 1. The smallest absolute Gasteiger partial charge is 0.260 e. The Morgan fingerprint density at radius 2 is 1.75 bits per heavy atom. The fourth-order valence-corrected chi connectivity index (χ4v) is 3.93. The van der Waals surface area contributed by atoms with Gasteiger partial charge in [0.1, 0.15) is 11.5 Å². The van der Waals surface area contributed by atoms with Crippen LogP contribution in [0.25, 0.3) is 10.2 Å². The highest BCUT2D eigenvalue weighted by Gasteiger charge is 2.23. The topological polar surface area (TPSA) is 54.9 Å². The highest BCUT2D eigenvalue weighted by atomic mass is 32.1. The van der Waals surface area contributed by atoms with E-state index in [9.17, 15) is 4.79 Å². The van der Waals surface area contributed by atoms with E-state index in [1.165, 1.54) is 11.3 Å². The number of fused-ring (bicyclic) bond motifs is 1. The number of ether oxygens (including phenoxy) is 2. The molecule has 0 saturated carbocycles. The summed E-state index contributed by atoms with van der Waals surface area (Å²) in [7, 11) is 7.12. The van der Waals surface area contributed by atoms with Crippen LogP contribution < -0.4 is 14.4 Å². The van der Waals surface area contributed by atoms with Gasteiger partial charge in [0.25, 0.3) is 5.91 Å². The predicted octanol–water partition coefficient (Wildman–Crippen LogP) is 3.83. The van der Waals surface area contributed by atoms with Crippen LogP contribution in [0.3, 0.4) is 0 Å². The zero-order valence-corrected chi connectivity index (χ0v) is 17.7. The Kier molecular flexibility index (Phi) is 6.16. The lowest BCUT2D eigenvalue weighted by atomic mass is 10.1. The molecule has 6 nitrogen and oxygen atoms in total. The average Bonchev–Trinajstić information content (AvgIpc) is 3.12. The fourth-order valence-electron chi connectivity index (χ4n) is 2.86. The molecule has 2 aromatic carbocycles. The Bertz CT molecular complexity index is 962. The summed E-state index contributed by atoms with van der Waals surface area (Å²) in [5.41, 5.74) is 2.54. The number of carbonyl (C=O) groups is 1. The molecular weight excluding hydrogens is 374 g/mol. The van der Waals surface area contributed by atoms with Crippen molar-refractivity contribution in [1.29, 1.82) is 0 Å². The number of para-hydroxylation sites is 1. The van der Waals surface area contributed by atoms with Crippen molar-refractivity contribution in [3.8, 4) is 11.5 Å². The molecule has 0 spiro atoms. The first-order valence-corrected chi connectivity index (χ1v) is 9.80. The number of aromatic nitrogens is 1. The number of hydrogen-bond donors (Lipinski definition) is 0. The summed E-state index contributed by atoms with van der Waals surface area (Å²) in [6.45, 7) is 3.29. The van der Waals surface area contributed by atoms with E-state index in [1.54, 1.807) is 37.3 Å². The molecule has 0 saturated heterocycles. The fraction of sp³-hybridized carbons (Fsp3) is 0.333. The zero-order valence-electron chi connectivity index (χ0n) is 16.9. The predicted molar refractivity (Wildman–Crippen MR) is 114 cm³/mol. The lowest BCUT2D eigenvalue weighted by molar-refractivity contribution is 0.0984. The molecule has 1 amide bonds. The van der Waals surface area contributed by atoms with Gasteiger partial charge in [-0.3, -0.25) is 9.69 Å². The van der Waals surface area contributed by atoms with Gasteiger partial charge in [0.05, 0.1) is 24.4 Å². The first-order chi connectivity index (χ1) is 13.4. The van der Waals surface area contributed by atoms with Gasteiger partial charge in [-0.05, 0) is 44.8 Å². The first-order valence-electron chi connectivity index (χ1n) is 8.98. The molecule has 0 aliphatic rings. The molecule has 28 heavy (non-hydrogen) atoms. The van der Waals surface area contributed by atoms with E-state index in [1.807, 2.05) is 44.1 Å². The monoisotopic (exact) mass is 399 g/mol. The molecule has 0 N–H and O–H groups in total. The molecule has 7 heteroatoms. The number of likely N-dealkylation sites (N-methyl/N-ethyl adjacent to an activating group) is 1. The van der Waals surface area contributed by atoms with Crippen LogP contribution in [0.4, 0.5) is 5.13 Å². The lowest BCUT2D eigenvalue weighted by Crippen LogP contribution is -2.36. The molecular formula is C21H25N3O3S. The second-order valence-corrected chi connectivity index (χ2v) is 7.79. The van der Waals surface area contributed by atoms with Crippen molar-refractivity contribution >= 4 is 32.6 Å². The van der Waals surface area contributed by atoms with Gasteiger partial charge in [-0.15, -0.1) is 0 Å². The Hall–Kier alpha value is -2.64. The van der Waals surface area contributed by atoms with Crippen molar-refractivity contribution < 1.29 is 14.3 Å². The SMILES string of the molecule is COc1cc(OC)cc(C(=O)N(CCN(C)C)c2nc3c(C)cccc3s2)c1. The number of methoxy groups -OCH3 is 2. The van der Waals surface area contributed by atoms with Gasteiger partial charge in [0.2, 0.25) is 0 Å². The highest BCUT2D eigenvalue weighted by molar-refractivity contribution is 7.22. The van der Waals surface area contributed by atoms with Gasteiger partial charge >= 0.3 is 0 Å². The second-order valence-electron chi connectivity index (χ2n) is 6.78. The third kappa shape index (κ3) is 4.26. The molecule has 3 aromatic rings. The number of hydrogen-bond acceptors (Lipinski definition) is 6. The zero-order chi connectivity index (χ0) is 20.3. The average molecular weight is 400 g/mol. The molecule has 0 fully saturated rings. The second kappa shape index (κ2) is 8.58. The van der Waals surface area contributed by atoms with Gasteiger partial charge < -0.3 is 14.4 Å². The summed E-state index contributed by atoms with van der Waals surface area (Å²) in [5.74, 6) is 1.03. The summed E-state index contributed by atoms with van der Waals surface area (Å²) in [4.78, 5) is 22.0. The van der Waals surface area contributed by atoms with Crippen molar-refractivity contribution in [2.75, 3.05) is 46.3 Å². The van der Waals surface area contributed by atoms with Gasteiger partial charge in [-0.2, -0.15) is 0 Å². The van der Waals surface area contributed by atoms with Crippen LogP contribution >= 0.6 is 11.3 Å². The van der Waals surface area contributed by atoms with E-state index in [0.29, 0.717) is 28.7 Å². The molecule has 3 rings (SSSR count). The number of benzene rings is 2. The Balaban J connectivity index is 2.03. The maximum Gasteiger partial charge on any atom is 0.260 e. The Labute approximate surface area is 169 Å². The number of amides is 1. The standard InChI is InChI=1S/C21H25N3O3S/c1-14-7-6-8-18-19(14)22-21(28-18)24(10-9-23(2)3)20(25)15-11-16(26-4)13-17(12-15)27-5/h6-8,11-13H,9-10H2,1-5H3. The number of rotatable bonds is 7. The molecule has 0 atom stereocenters. The Morgan fingerprint density at radius 3 is 2.32 bits per heavy atom. The van der Waals surface area contributed by atoms with Crippen LogP contribution in [-0.2, 0) is 0 Å². The van der Waals surface area contributed by atoms with E-state index < -0.39 is 0 Å². The van der Waals surface area contributed by atoms with Crippen molar-refractivity contribution in [1.82, 2.24) is 9.88 Å². The number of carbonyl (C=O) groups excluding carboxylic acids is 1. The first kappa shape index (κ1) is 20.1. The molecule has 0 unspecified atom stereocenters. The largest absolute Gasteiger partial charge is 0.497 e. The molecule has 0 aliphatic carbocycles. The van der Waals surface area contributed by atoms with Crippen LogP contribution in [0.1, 0.15) is 15.9 Å². The van der Waals surface area contributed by atoms with E-state index in [4.69, 9.17) is 14.5 Å². The van der Waals surface area contributed by atoms with E-state index in [-0.39, 0.29) is 5.91 Å². The third-order valence-corrected chi connectivity index (χ3v) is 5.50. The van der Waals surface area contributed by atoms with Crippen LogP contribution in [0.5, 0.6) is 11.5 Å². The summed E-state index contributed by atoms with van der Waals surface area (Å²) in [6, 6.07) is 11.3. The van der Waals surface area contributed by atoms with Crippen molar-refractivity contribution in [3.63, 3.8) is 0 Å². The number of anilines is 1. The van der Waals surface area contributed by atoms with Crippen LogP contribution in [0.2, 0.25) is 0 Å². The molecule has 1 aromatic heterocycles. The van der Waals surface area contributed by atoms with Crippen LogP contribution in [-0.4, -0.2) is 57.2 Å². The third-order valence-electron chi connectivity index (χ3n) is 4.45. The van der Waals surface area contributed by atoms with E-state index in [0.717, 1.165) is 22.3 Å². The highest BCUT2D eigenvalue weighted by Crippen LogP contribution is 2.32. The van der Waals surface area contributed by atoms with Crippen molar-refractivity contribution in [2.45, 2.75) is 6.92 Å². The minimum atomic E-state index is -0.129. The normalized spacial score (nSPS) is 11.1. The minimum absolute atomic E-state index is 0.129. The van der Waals surface area contributed by atoms with Crippen molar-refractivity contribution in [3.05, 3.63) is 47.5 Å². The van der Waals surface area contributed by atoms with Crippen molar-refractivity contribution in [2.24, 2.45) is 0 Å². The van der Waals surface area contributed by atoms with Crippen LogP contribution in [0.15, 0.2) is 36.4 Å². The lowest BCUT2D eigenvalue weighted by Gasteiger charge is -2.22. The summed E-state index contributed by atoms with van der Waals surface area (Å²) < 4.78 is 11.7. The summed E-state index contributed by atoms with van der Waals surface area (Å²) in [5, 5.41) is 0.693. The maximum absolute atomic E-state index is 13.4. The molecule has 148 valence electrons. The minimum Gasteiger partial charge on any atom is -0.497 e. The van der Waals surface area contributed by atoms with Gasteiger partial charge in [-0.1, -0.05) is 23.5 Å². The quantitative estimate of drug-likeness (QED) is 0.604. The van der Waals surface area contributed by atoms with E-state index >= 15 is 0 Å². The summed E-state index contributed by atoms with van der Waals surface area (Å²) >= 11 is 1.53. The number of aryl methyl sites for hydroxylation is 1. The maximum atomic E-state index is 13.4. The number of nitrogens with zero attached hydrogens (tertiary/aromatic N) is 3. The molecule has 0 aliphatic heterocycles. The Morgan fingerprint density at radius 1 is 1.07 bits per heavy atom. The molecule has 1 heterocycles. The van der Waals surface area contributed by atoms with Gasteiger partial charge in [0.15, 0.2) is 5.13 Å². The molecule has 0 bridgehead atoms. The van der Waals surface area contributed by atoms with Gasteiger partial charge in [-0.25, -0.2) is 4.98 Å². The summed E-state index contributed by atoms with van der Waals surface area (Å²) in [6.07, 6.45) is 0. The van der Waals surface area contributed by atoms with E-state index in [2.05, 4.69) is 0 Å². The van der Waals surface area contributed by atoms with Gasteiger partial charge in [0, 0.05) is 24.7 Å². The molecule has 0 radical (unpaired) electrons. The van der Waals surface area contributed by atoms with Crippen LogP contribution in [0, 0.1) is 6.92 Å².